The molecule has 0 atom stereocenters. The van der Waals surface area contributed by atoms with Crippen LogP contribution in [0, 0.1) is 47.8 Å². The van der Waals surface area contributed by atoms with Crippen LogP contribution in [0.3, 0.4) is 0 Å². The zero-order chi connectivity index (χ0) is 11.4. The Morgan fingerprint density at radius 1 is 1.20 bits per heavy atom. The van der Waals surface area contributed by atoms with Crippen molar-refractivity contribution in [3.8, 4) is 18.2 Å². The molecule has 0 saturated heterocycles. The number of furan rings is 1. The second kappa shape index (κ2) is 4.13. The van der Waals surface area contributed by atoms with Crippen molar-refractivity contribution in [2.75, 3.05) is 0 Å². The van der Waals surface area contributed by atoms with Crippen molar-refractivity contribution in [3.05, 3.63) is 28.2 Å². The van der Waals surface area contributed by atoms with E-state index in [0.29, 0.717) is 11.3 Å². The standard InChI is InChI=1S/C11H7N3O/c1-7-8(2)15-11(10(7)6-14)3-9(4-12)5-13/h3H,1-2H3. The van der Waals surface area contributed by atoms with Gasteiger partial charge in [0.25, 0.3) is 0 Å². The Kier molecular flexibility index (Phi) is 2.91. The average molecular weight is 197 g/mol. The predicted octanol–water partition coefficient (Wildman–Crippen LogP) is 2.20. The van der Waals surface area contributed by atoms with Gasteiger partial charge >= 0.3 is 0 Å². The maximum Gasteiger partial charge on any atom is 0.147 e. The average Bonchev–Trinajstić information content (AvgIpc) is 2.51. The van der Waals surface area contributed by atoms with Crippen LogP contribution in [0.5, 0.6) is 0 Å². The molecule has 1 aromatic heterocycles. The summed E-state index contributed by atoms with van der Waals surface area (Å²) in [7, 11) is 0. The lowest BCUT2D eigenvalue weighted by Crippen LogP contribution is -1.79. The number of nitriles is 3. The Bertz CT molecular complexity index is 528. The monoisotopic (exact) mass is 197 g/mol. The minimum atomic E-state index is -0.0831. The number of allylic oxidation sites excluding steroid dienone is 1. The maximum atomic E-state index is 8.87. The Morgan fingerprint density at radius 3 is 2.27 bits per heavy atom. The highest BCUT2D eigenvalue weighted by Crippen LogP contribution is 2.22. The van der Waals surface area contributed by atoms with Crippen LogP contribution >= 0.6 is 0 Å². The molecule has 1 rings (SSSR count). The molecule has 0 fully saturated rings. The zero-order valence-corrected chi connectivity index (χ0v) is 8.33. The molecule has 72 valence electrons. The van der Waals surface area contributed by atoms with E-state index in [2.05, 4.69) is 0 Å². The molecule has 0 unspecified atom stereocenters. The molecule has 1 heterocycles. The normalized spacial score (nSPS) is 8.47. The molecule has 0 N–H and O–H groups in total. The first-order valence-electron chi connectivity index (χ1n) is 4.16. The van der Waals surface area contributed by atoms with Crippen LogP contribution < -0.4 is 0 Å². The number of aryl methyl sites for hydroxylation is 1. The van der Waals surface area contributed by atoms with E-state index in [0.717, 1.165) is 5.56 Å². The quantitative estimate of drug-likeness (QED) is 0.646. The van der Waals surface area contributed by atoms with Gasteiger partial charge in [0.05, 0.1) is 0 Å². The lowest BCUT2D eigenvalue weighted by Gasteiger charge is -1.86. The first kappa shape index (κ1) is 10.6. The van der Waals surface area contributed by atoms with Gasteiger partial charge in [-0.2, -0.15) is 15.8 Å². The third-order valence-electron chi connectivity index (χ3n) is 2.04. The van der Waals surface area contributed by atoms with Crippen molar-refractivity contribution in [1.29, 1.82) is 15.8 Å². The summed E-state index contributed by atoms with van der Waals surface area (Å²) in [5.41, 5.74) is 1.02. The Morgan fingerprint density at radius 2 is 1.80 bits per heavy atom. The van der Waals surface area contributed by atoms with E-state index in [4.69, 9.17) is 20.2 Å². The van der Waals surface area contributed by atoms with Crippen LogP contribution in [-0.4, -0.2) is 0 Å². The van der Waals surface area contributed by atoms with Gasteiger partial charge in [0.15, 0.2) is 0 Å². The van der Waals surface area contributed by atoms with Crippen LogP contribution in [0.4, 0.5) is 0 Å². The predicted molar refractivity (Wildman–Crippen MR) is 52.1 cm³/mol. The van der Waals surface area contributed by atoms with Gasteiger partial charge in [-0.15, -0.1) is 0 Å². The molecular formula is C11H7N3O. The number of nitrogens with zero attached hydrogens (tertiary/aromatic N) is 3. The lowest BCUT2D eigenvalue weighted by molar-refractivity contribution is 0.522. The van der Waals surface area contributed by atoms with Gasteiger partial charge in [-0.25, -0.2) is 0 Å². The molecule has 0 spiro atoms. The smallest absolute Gasteiger partial charge is 0.147 e. The van der Waals surface area contributed by atoms with E-state index >= 15 is 0 Å². The topological polar surface area (TPSA) is 84.5 Å². The summed E-state index contributed by atoms with van der Waals surface area (Å²) in [5, 5.41) is 26.0. The molecule has 0 amide bonds. The summed E-state index contributed by atoms with van der Waals surface area (Å²) in [6, 6.07) is 5.40. The summed E-state index contributed by atoms with van der Waals surface area (Å²) in [6.07, 6.45) is 1.28. The molecule has 0 aromatic carbocycles. The Hall–Kier alpha value is -2.51. The van der Waals surface area contributed by atoms with E-state index in [1.807, 2.05) is 6.07 Å². The highest BCUT2D eigenvalue weighted by Gasteiger charge is 2.12. The first-order chi connectivity index (χ1) is 7.13. The minimum absolute atomic E-state index is 0.0831. The van der Waals surface area contributed by atoms with Crippen molar-refractivity contribution in [2.45, 2.75) is 13.8 Å². The van der Waals surface area contributed by atoms with Gasteiger partial charge in [-0.1, -0.05) is 0 Å². The van der Waals surface area contributed by atoms with Crippen molar-refractivity contribution in [1.82, 2.24) is 0 Å². The fourth-order valence-electron chi connectivity index (χ4n) is 1.11. The molecule has 1 aromatic rings. The van der Waals surface area contributed by atoms with Crippen molar-refractivity contribution in [3.63, 3.8) is 0 Å². The molecule has 0 bridgehead atoms. The molecule has 15 heavy (non-hydrogen) atoms. The second-order valence-corrected chi connectivity index (χ2v) is 2.92. The van der Waals surface area contributed by atoms with Crippen molar-refractivity contribution >= 4 is 6.08 Å². The molecule has 0 aliphatic carbocycles. The Labute approximate surface area is 87.3 Å². The lowest BCUT2D eigenvalue weighted by atomic mass is 10.1. The summed E-state index contributed by atoms with van der Waals surface area (Å²) < 4.78 is 5.27. The van der Waals surface area contributed by atoms with Gasteiger partial charge in [-0.3, -0.25) is 0 Å². The Balaban J connectivity index is 3.38. The SMILES string of the molecule is Cc1oc(C=C(C#N)C#N)c(C#N)c1C. The van der Waals surface area contributed by atoms with Crippen molar-refractivity contribution < 1.29 is 4.42 Å². The van der Waals surface area contributed by atoms with Crippen LogP contribution in [-0.2, 0) is 0 Å². The summed E-state index contributed by atoms with van der Waals surface area (Å²) in [5.74, 6) is 0.888. The molecule has 0 saturated carbocycles. The van der Waals surface area contributed by atoms with E-state index in [1.54, 1.807) is 26.0 Å². The molecule has 0 radical (unpaired) electrons. The third-order valence-corrected chi connectivity index (χ3v) is 2.04. The van der Waals surface area contributed by atoms with Gasteiger partial charge < -0.3 is 4.42 Å². The van der Waals surface area contributed by atoms with Crippen LogP contribution in [0.15, 0.2) is 9.99 Å². The van der Waals surface area contributed by atoms with Crippen LogP contribution in [0.25, 0.3) is 6.08 Å². The molecular weight excluding hydrogens is 190 g/mol. The third kappa shape index (κ3) is 1.88. The minimum Gasteiger partial charge on any atom is -0.460 e. The highest BCUT2D eigenvalue weighted by molar-refractivity contribution is 5.64. The maximum absolute atomic E-state index is 8.87. The number of hydrogen-bond acceptors (Lipinski definition) is 4. The molecule has 0 aliphatic heterocycles. The fourth-order valence-corrected chi connectivity index (χ4v) is 1.11. The second-order valence-electron chi connectivity index (χ2n) is 2.92. The number of hydrogen-bond donors (Lipinski definition) is 0. The van der Waals surface area contributed by atoms with E-state index < -0.39 is 0 Å². The van der Waals surface area contributed by atoms with E-state index in [9.17, 15) is 0 Å². The first-order valence-corrected chi connectivity index (χ1v) is 4.16. The van der Waals surface area contributed by atoms with E-state index in [1.165, 1.54) is 6.08 Å². The van der Waals surface area contributed by atoms with Gasteiger partial charge in [0, 0.05) is 11.6 Å². The van der Waals surface area contributed by atoms with Gasteiger partial charge in [-0.05, 0) is 13.8 Å². The fraction of sp³-hybridized carbons (Fsp3) is 0.182. The largest absolute Gasteiger partial charge is 0.460 e. The number of rotatable bonds is 1. The highest BCUT2D eigenvalue weighted by atomic mass is 16.3. The molecule has 4 heteroatoms. The van der Waals surface area contributed by atoms with E-state index in [-0.39, 0.29) is 11.3 Å². The van der Waals surface area contributed by atoms with Crippen LogP contribution in [0.1, 0.15) is 22.6 Å². The van der Waals surface area contributed by atoms with Gasteiger partial charge in [0.1, 0.15) is 40.9 Å². The van der Waals surface area contributed by atoms with Crippen molar-refractivity contribution in [2.24, 2.45) is 0 Å². The zero-order valence-electron chi connectivity index (χ0n) is 8.33. The summed E-state index contributed by atoms with van der Waals surface area (Å²) in [4.78, 5) is 0. The molecule has 4 nitrogen and oxygen atoms in total. The summed E-state index contributed by atoms with van der Waals surface area (Å²) in [6.45, 7) is 3.49. The van der Waals surface area contributed by atoms with Crippen LogP contribution in [0.2, 0.25) is 0 Å². The summed E-state index contributed by atoms with van der Waals surface area (Å²) >= 11 is 0. The molecule has 0 aliphatic rings. The van der Waals surface area contributed by atoms with Gasteiger partial charge in [0.2, 0.25) is 0 Å².